The van der Waals surface area contributed by atoms with E-state index in [0.29, 0.717) is 16.8 Å². The van der Waals surface area contributed by atoms with Crippen molar-refractivity contribution in [1.82, 2.24) is 24.7 Å². The Morgan fingerprint density at radius 3 is 2.65 bits per heavy atom. The molecule has 2 saturated heterocycles. The first kappa shape index (κ1) is 20.8. The minimum atomic E-state index is -4.87. The van der Waals surface area contributed by atoms with Gasteiger partial charge in [-0.1, -0.05) is 0 Å². The van der Waals surface area contributed by atoms with E-state index < -0.39 is 39.9 Å². The standard InChI is InChI=1S/C13H17N5O6S.Na/c1-6-7(2)15-16-11(19)8(6)5-14-13(21)17-4-3-9-10(17)12(20)18(9)25(22,23)24;/h9-10H,3-5H2,1-2H3,(H,14,21)(H,16,19)(H,22,23,24);/q;+1/p-1/t9-,10+;/m1./s1. The number of nitrogens with zero attached hydrogens (tertiary/aromatic N) is 3. The number of β-lactam (4-membered cyclic amide) rings is 1. The number of hydrogen-bond acceptors (Lipinski definition) is 7. The number of fused-ring (bicyclic) bond motifs is 1. The summed E-state index contributed by atoms with van der Waals surface area (Å²) in [5.41, 5.74) is 1.19. The molecule has 2 aliphatic rings. The molecule has 26 heavy (non-hydrogen) atoms. The Hall–Kier alpha value is -1.47. The number of aromatic amines is 1. The number of likely N-dealkylation sites (tertiary alicyclic amines) is 1. The molecule has 2 aliphatic heterocycles. The van der Waals surface area contributed by atoms with Crippen LogP contribution in [0.25, 0.3) is 0 Å². The van der Waals surface area contributed by atoms with Crippen LogP contribution in [0.5, 0.6) is 0 Å². The summed E-state index contributed by atoms with van der Waals surface area (Å²) in [6, 6.07) is -2.37. The van der Waals surface area contributed by atoms with Gasteiger partial charge < -0.3 is 14.8 Å². The fourth-order valence-electron chi connectivity index (χ4n) is 3.19. The van der Waals surface area contributed by atoms with Gasteiger partial charge >= 0.3 is 35.6 Å². The SMILES string of the molecule is Cc1n[nH]c(=O)c(CNC(=O)N2CC[C@@H]3[C@H]2C(=O)N3S(=O)(=O)[O-])c1C.[Na+]. The summed E-state index contributed by atoms with van der Waals surface area (Å²) in [5, 5.41) is 8.69. The summed E-state index contributed by atoms with van der Waals surface area (Å²) in [5.74, 6) is -0.901. The molecule has 1 aromatic heterocycles. The molecular weight excluding hydrogens is 377 g/mol. The van der Waals surface area contributed by atoms with Gasteiger partial charge in [-0.2, -0.15) is 5.10 Å². The second kappa shape index (κ2) is 7.27. The molecule has 0 bridgehead atoms. The van der Waals surface area contributed by atoms with Crippen LogP contribution in [0.1, 0.15) is 23.2 Å². The number of nitrogens with one attached hydrogen (secondary N) is 2. The third-order valence-corrected chi connectivity index (χ3v) is 5.58. The first-order chi connectivity index (χ1) is 11.6. The summed E-state index contributed by atoms with van der Waals surface area (Å²) in [6.07, 6.45) is 0.208. The van der Waals surface area contributed by atoms with E-state index >= 15 is 0 Å². The van der Waals surface area contributed by atoms with Crippen molar-refractivity contribution in [2.24, 2.45) is 0 Å². The predicted octanol–water partition coefficient (Wildman–Crippen LogP) is -4.65. The van der Waals surface area contributed by atoms with Crippen LogP contribution in [0.2, 0.25) is 0 Å². The van der Waals surface area contributed by atoms with Gasteiger partial charge in [-0.15, -0.1) is 0 Å². The van der Waals surface area contributed by atoms with Crippen LogP contribution >= 0.6 is 0 Å². The van der Waals surface area contributed by atoms with Crippen LogP contribution in [-0.2, 0) is 21.6 Å². The molecule has 1 aromatic rings. The number of amides is 3. The first-order valence-electron chi connectivity index (χ1n) is 7.51. The third kappa shape index (κ3) is 3.39. The maximum Gasteiger partial charge on any atom is 1.00 e. The molecule has 2 N–H and O–H groups in total. The summed E-state index contributed by atoms with van der Waals surface area (Å²) in [7, 11) is -4.87. The molecule has 11 nitrogen and oxygen atoms in total. The van der Waals surface area contributed by atoms with Gasteiger partial charge in [-0.05, 0) is 25.8 Å². The average Bonchev–Trinajstić information content (AvgIpc) is 2.88. The molecule has 3 rings (SSSR count). The van der Waals surface area contributed by atoms with E-state index in [1.165, 1.54) is 4.90 Å². The van der Waals surface area contributed by atoms with Crippen molar-refractivity contribution in [3.8, 4) is 0 Å². The van der Waals surface area contributed by atoms with Gasteiger partial charge in [-0.3, -0.25) is 9.59 Å². The molecule has 0 radical (unpaired) electrons. The Bertz CT molecular complexity index is 916. The number of carbonyl (C=O) groups excluding carboxylic acids is 2. The molecule has 0 aliphatic carbocycles. The van der Waals surface area contributed by atoms with E-state index in [1.54, 1.807) is 13.8 Å². The number of hydrogen-bond donors (Lipinski definition) is 2. The zero-order valence-electron chi connectivity index (χ0n) is 14.5. The van der Waals surface area contributed by atoms with Crippen LogP contribution in [-0.4, -0.2) is 62.9 Å². The van der Waals surface area contributed by atoms with Crippen LogP contribution < -0.4 is 40.4 Å². The molecule has 3 amide bonds. The molecule has 0 spiro atoms. The zero-order chi connectivity index (χ0) is 18.5. The van der Waals surface area contributed by atoms with Crippen molar-refractivity contribution in [3.05, 3.63) is 27.2 Å². The molecule has 2 atom stereocenters. The fraction of sp³-hybridized carbons (Fsp3) is 0.538. The largest absolute Gasteiger partial charge is 1.00 e. The van der Waals surface area contributed by atoms with Crippen molar-refractivity contribution in [2.45, 2.75) is 38.9 Å². The number of urea groups is 1. The van der Waals surface area contributed by atoms with Gasteiger partial charge in [0.25, 0.3) is 11.5 Å². The third-order valence-electron chi connectivity index (χ3n) is 4.65. The van der Waals surface area contributed by atoms with Crippen LogP contribution in [0.4, 0.5) is 4.79 Å². The molecule has 0 saturated carbocycles. The first-order valence-corrected chi connectivity index (χ1v) is 8.87. The second-order valence-corrected chi connectivity index (χ2v) is 7.24. The smallest absolute Gasteiger partial charge is 0.731 e. The molecule has 0 aromatic carbocycles. The maximum absolute atomic E-state index is 12.3. The van der Waals surface area contributed by atoms with E-state index in [1.807, 2.05) is 0 Å². The van der Waals surface area contributed by atoms with Gasteiger partial charge in [0.15, 0.2) is 10.3 Å². The summed E-state index contributed by atoms with van der Waals surface area (Å²) >= 11 is 0. The zero-order valence-corrected chi connectivity index (χ0v) is 17.3. The Kier molecular flexibility index (Phi) is 5.83. The van der Waals surface area contributed by atoms with E-state index in [-0.39, 0.29) is 53.4 Å². The quantitative estimate of drug-likeness (QED) is 0.297. The number of aryl methyl sites for hydroxylation is 1. The van der Waals surface area contributed by atoms with Gasteiger partial charge in [0.2, 0.25) is 0 Å². The van der Waals surface area contributed by atoms with E-state index in [4.69, 9.17) is 0 Å². The fourth-order valence-corrected chi connectivity index (χ4v) is 4.07. The Morgan fingerprint density at radius 1 is 1.38 bits per heavy atom. The Labute approximate surface area is 171 Å². The van der Waals surface area contributed by atoms with Crippen LogP contribution in [0.15, 0.2) is 4.79 Å². The van der Waals surface area contributed by atoms with Gasteiger partial charge in [0.05, 0.1) is 18.3 Å². The normalized spacial score (nSPS) is 21.7. The van der Waals surface area contributed by atoms with Crippen molar-refractivity contribution >= 4 is 22.2 Å². The number of aromatic nitrogens is 2. The Balaban J connectivity index is 0.00000243. The van der Waals surface area contributed by atoms with E-state index in [9.17, 15) is 27.4 Å². The number of rotatable bonds is 3. The van der Waals surface area contributed by atoms with Crippen molar-refractivity contribution in [2.75, 3.05) is 6.54 Å². The van der Waals surface area contributed by atoms with Gasteiger partial charge in [0.1, 0.15) is 6.04 Å². The maximum atomic E-state index is 12.3. The molecular formula is C13H16N5NaO6S. The van der Waals surface area contributed by atoms with Crippen molar-refractivity contribution in [3.63, 3.8) is 0 Å². The number of H-pyrrole nitrogens is 1. The van der Waals surface area contributed by atoms with E-state index in [0.717, 1.165) is 0 Å². The van der Waals surface area contributed by atoms with Crippen molar-refractivity contribution in [1.29, 1.82) is 0 Å². The van der Waals surface area contributed by atoms with Crippen LogP contribution in [0.3, 0.4) is 0 Å². The molecule has 3 heterocycles. The summed E-state index contributed by atoms with van der Waals surface area (Å²) < 4.78 is 33.4. The predicted molar refractivity (Wildman–Crippen MR) is 82.0 cm³/mol. The van der Waals surface area contributed by atoms with Crippen molar-refractivity contribution < 1.29 is 52.1 Å². The van der Waals surface area contributed by atoms with E-state index in [2.05, 4.69) is 15.5 Å². The molecule has 2 fully saturated rings. The average molecular weight is 393 g/mol. The summed E-state index contributed by atoms with van der Waals surface area (Å²) in [6.45, 7) is 3.50. The molecule has 13 heteroatoms. The molecule has 0 unspecified atom stereocenters. The minimum Gasteiger partial charge on any atom is -0.731 e. The minimum absolute atomic E-state index is 0. The van der Waals surface area contributed by atoms with Gasteiger partial charge in [0, 0.05) is 12.1 Å². The second-order valence-electron chi connectivity index (χ2n) is 5.99. The van der Waals surface area contributed by atoms with Gasteiger partial charge in [-0.25, -0.2) is 22.6 Å². The number of carbonyl (C=O) groups is 2. The van der Waals surface area contributed by atoms with Crippen LogP contribution in [0, 0.1) is 13.8 Å². The monoisotopic (exact) mass is 393 g/mol. The Morgan fingerprint density at radius 2 is 2.04 bits per heavy atom. The topological polar surface area (TPSA) is 156 Å². The summed E-state index contributed by atoms with van der Waals surface area (Å²) in [4.78, 5) is 37.2. The molecule has 136 valence electrons.